The highest BCUT2D eigenvalue weighted by atomic mass is 16.3. The Labute approximate surface area is 209 Å². The van der Waals surface area contributed by atoms with Crippen molar-refractivity contribution in [2.75, 3.05) is 6.54 Å². The van der Waals surface area contributed by atoms with E-state index in [1.165, 1.54) is 0 Å². The van der Waals surface area contributed by atoms with Gasteiger partial charge < -0.3 is 10.0 Å². The van der Waals surface area contributed by atoms with E-state index in [1.54, 1.807) is 28.8 Å². The van der Waals surface area contributed by atoms with Gasteiger partial charge in [0, 0.05) is 36.5 Å². The van der Waals surface area contributed by atoms with E-state index in [-0.39, 0.29) is 17.9 Å². The summed E-state index contributed by atoms with van der Waals surface area (Å²) in [6.07, 6.45) is 7.81. The minimum Gasteiger partial charge on any atom is -0.385 e. The molecule has 0 spiro atoms. The molecule has 180 valence electrons. The number of piperidine rings is 1. The Morgan fingerprint density at radius 2 is 1.92 bits per heavy atom. The number of nitrogens with zero attached hydrogens (tertiary/aromatic N) is 5. The Morgan fingerprint density at radius 1 is 1.08 bits per heavy atom. The zero-order valence-corrected chi connectivity index (χ0v) is 19.9. The van der Waals surface area contributed by atoms with Crippen LogP contribution >= 0.6 is 0 Å². The normalized spacial score (nSPS) is 23.7. The summed E-state index contributed by atoms with van der Waals surface area (Å²) in [5.41, 5.74) is 2.42. The number of rotatable bonds is 3. The first-order valence-electron chi connectivity index (χ1n) is 12.5. The van der Waals surface area contributed by atoms with Gasteiger partial charge >= 0.3 is 0 Å². The van der Waals surface area contributed by atoms with E-state index in [2.05, 4.69) is 11.1 Å². The predicted octanol–water partition coefficient (Wildman–Crippen LogP) is 4.56. The molecule has 2 aromatic carbocycles. The maximum absolute atomic E-state index is 14.1. The number of amides is 1. The summed E-state index contributed by atoms with van der Waals surface area (Å²) in [6, 6.07) is 21.0. The number of carbonyl (C=O) groups excluding carboxylic acids is 1. The zero-order chi connectivity index (χ0) is 24.7. The molecule has 1 N–H and O–H groups in total. The van der Waals surface area contributed by atoms with Gasteiger partial charge in [-0.05, 0) is 43.0 Å². The summed E-state index contributed by atoms with van der Waals surface area (Å²) < 4.78 is 1.74. The third kappa shape index (κ3) is 3.57. The number of hydrogen-bond donors (Lipinski definition) is 1. The van der Waals surface area contributed by atoms with E-state index in [0.717, 1.165) is 36.8 Å². The van der Waals surface area contributed by atoms with Crippen LogP contribution in [0.5, 0.6) is 0 Å². The van der Waals surface area contributed by atoms with E-state index in [4.69, 9.17) is 4.98 Å². The molecule has 0 radical (unpaired) electrons. The molecule has 6 rings (SSSR count). The summed E-state index contributed by atoms with van der Waals surface area (Å²) >= 11 is 0. The van der Waals surface area contributed by atoms with E-state index >= 15 is 0 Å². The van der Waals surface area contributed by atoms with Gasteiger partial charge in [-0.15, -0.1) is 0 Å². The maximum Gasteiger partial charge on any atom is 0.290 e. The predicted molar refractivity (Wildman–Crippen MR) is 135 cm³/mol. The van der Waals surface area contributed by atoms with Crippen molar-refractivity contribution in [1.29, 1.82) is 5.26 Å². The fourth-order valence-electron chi connectivity index (χ4n) is 6.16. The fraction of sp³-hybridized carbons (Fsp3) is 0.310. The zero-order valence-electron chi connectivity index (χ0n) is 19.9. The Kier molecular flexibility index (Phi) is 5.54. The van der Waals surface area contributed by atoms with Crippen LogP contribution in [0.1, 0.15) is 53.8 Å². The number of aromatic nitrogens is 3. The SMILES string of the molecule is N#Cc1cccc(-c2nc(C(=O)N3CCC(O)(c4ccccc4)[C@@H]4CCCC[C@@H]43)n3cccnc23)c1. The molecular formula is C29H27N5O2. The minimum absolute atomic E-state index is 0.0255. The van der Waals surface area contributed by atoms with Crippen molar-refractivity contribution in [1.82, 2.24) is 19.3 Å². The highest BCUT2D eigenvalue weighted by Crippen LogP contribution is 2.47. The third-order valence-electron chi connectivity index (χ3n) is 7.87. The highest BCUT2D eigenvalue weighted by molar-refractivity contribution is 5.94. The molecule has 7 nitrogen and oxygen atoms in total. The number of fused-ring (bicyclic) bond motifs is 2. The first kappa shape index (κ1) is 22.4. The molecular weight excluding hydrogens is 450 g/mol. The molecule has 1 aliphatic carbocycles. The second-order valence-corrected chi connectivity index (χ2v) is 9.79. The molecule has 3 atom stereocenters. The van der Waals surface area contributed by atoms with Crippen LogP contribution in [-0.2, 0) is 5.60 Å². The maximum atomic E-state index is 14.1. The summed E-state index contributed by atoms with van der Waals surface area (Å²) in [5, 5.41) is 21.2. The van der Waals surface area contributed by atoms with Crippen molar-refractivity contribution < 1.29 is 9.90 Å². The van der Waals surface area contributed by atoms with Crippen molar-refractivity contribution >= 4 is 11.6 Å². The number of benzene rings is 2. The largest absolute Gasteiger partial charge is 0.385 e. The Hall–Kier alpha value is -4.02. The second kappa shape index (κ2) is 8.89. The number of likely N-dealkylation sites (tertiary alicyclic amines) is 1. The van der Waals surface area contributed by atoms with Crippen LogP contribution < -0.4 is 0 Å². The first-order valence-corrected chi connectivity index (χ1v) is 12.5. The van der Waals surface area contributed by atoms with Gasteiger partial charge in [0.25, 0.3) is 5.91 Å². The van der Waals surface area contributed by atoms with Gasteiger partial charge in [0.2, 0.25) is 5.82 Å². The van der Waals surface area contributed by atoms with Crippen molar-refractivity contribution in [3.05, 3.63) is 90.0 Å². The van der Waals surface area contributed by atoms with Crippen molar-refractivity contribution in [2.45, 2.75) is 43.7 Å². The molecule has 7 heteroatoms. The minimum atomic E-state index is -0.942. The average Bonchev–Trinajstić information content (AvgIpc) is 3.33. The molecule has 2 aromatic heterocycles. The fourth-order valence-corrected chi connectivity index (χ4v) is 6.16. The molecule has 2 aliphatic rings. The number of carbonyl (C=O) groups is 1. The average molecular weight is 478 g/mol. The number of hydrogen-bond acceptors (Lipinski definition) is 5. The Balaban J connectivity index is 1.40. The molecule has 4 aromatic rings. The van der Waals surface area contributed by atoms with Crippen LogP contribution in [0.15, 0.2) is 73.1 Å². The summed E-state index contributed by atoms with van der Waals surface area (Å²) in [4.78, 5) is 25.3. The van der Waals surface area contributed by atoms with Gasteiger partial charge in [-0.3, -0.25) is 9.20 Å². The van der Waals surface area contributed by atoms with Gasteiger partial charge in [-0.1, -0.05) is 55.3 Å². The molecule has 1 unspecified atom stereocenters. The van der Waals surface area contributed by atoms with Gasteiger partial charge in [0.05, 0.1) is 17.2 Å². The lowest BCUT2D eigenvalue weighted by Crippen LogP contribution is -2.59. The van der Waals surface area contributed by atoms with Crippen molar-refractivity contribution in [3.8, 4) is 17.3 Å². The van der Waals surface area contributed by atoms with Crippen molar-refractivity contribution in [3.63, 3.8) is 0 Å². The van der Waals surface area contributed by atoms with E-state index in [1.807, 2.05) is 53.6 Å². The summed E-state index contributed by atoms with van der Waals surface area (Å²) in [6.45, 7) is 0.458. The lowest BCUT2D eigenvalue weighted by atomic mass is 9.66. The highest BCUT2D eigenvalue weighted by Gasteiger charge is 2.50. The van der Waals surface area contributed by atoms with Gasteiger partial charge in [0.1, 0.15) is 5.69 Å². The quantitative estimate of drug-likeness (QED) is 0.467. The second-order valence-electron chi connectivity index (χ2n) is 9.79. The van der Waals surface area contributed by atoms with E-state index in [9.17, 15) is 15.2 Å². The van der Waals surface area contributed by atoms with Crippen LogP contribution in [0.25, 0.3) is 16.9 Å². The molecule has 2 fully saturated rings. The Bertz CT molecular complexity index is 1470. The molecule has 36 heavy (non-hydrogen) atoms. The molecule has 1 aliphatic heterocycles. The molecule has 0 bridgehead atoms. The summed E-state index contributed by atoms with van der Waals surface area (Å²) in [5.74, 6) is 0.139. The topological polar surface area (TPSA) is 94.5 Å². The number of aliphatic hydroxyl groups is 1. The Morgan fingerprint density at radius 3 is 2.75 bits per heavy atom. The van der Waals surface area contributed by atoms with Crippen LogP contribution in [0.3, 0.4) is 0 Å². The monoisotopic (exact) mass is 477 g/mol. The van der Waals surface area contributed by atoms with Crippen molar-refractivity contribution in [2.24, 2.45) is 5.92 Å². The smallest absolute Gasteiger partial charge is 0.290 e. The standard InChI is InChI=1S/C29H27N5O2/c30-19-20-8-6-9-21(18-20)25-26-31-15-7-16-34(26)27(32-25)28(35)33-17-14-29(36,22-10-2-1-3-11-22)23-12-4-5-13-24(23)33/h1-3,6-11,15-16,18,23-24,36H,4-5,12-14,17H2/t23-,24+,29?/m1/s1. The third-order valence-corrected chi connectivity index (χ3v) is 7.87. The summed E-state index contributed by atoms with van der Waals surface area (Å²) in [7, 11) is 0. The van der Waals surface area contributed by atoms with E-state index in [0.29, 0.717) is 35.7 Å². The van der Waals surface area contributed by atoms with Gasteiger partial charge in [-0.2, -0.15) is 5.26 Å². The number of nitriles is 1. The molecule has 1 amide bonds. The van der Waals surface area contributed by atoms with Crippen LogP contribution in [0.2, 0.25) is 0 Å². The van der Waals surface area contributed by atoms with Gasteiger partial charge in [0.15, 0.2) is 5.65 Å². The van der Waals surface area contributed by atoms with Gasteiger partial charge in [-0.25, -0.2) is 9.97 Å². The van der Waals surface area contributed by atoms with Crippen LogP contribution in [0, 0.1) is 17.2 Å². The number of imidazole rings is 1. The van der Waals surface area contributed by atoms with Crippen LogP contribution in [-0.4, -0.2) is 42.9 Å². The first-order chi connectivity index (χ1) is 17.6. The lowest BCUT2D eigenvalue weighted by Gasteiger charge is -2.52. The molecule has 3 heterocycles. The molecule has 1 saturated heterocycles. The molecule has 1 saturated carbocycles. The lowest BCUT2D eigenvalue weighted by molar-refractivity contribution is -0.110. The van der Waals surface area contributed by atoms with E-state index < -0.39 is 5.60 Å². The van der Waals surface area contributed by atoms with Crippen LogP contribution in [0.4, 0.5) is 0 Å².